The Kier molecular flexibility index (Phi) is 6.49. The third kappa shape index (κ3) is 4.44. The number of carbonyl (C=O) groups is 2. The number of carboxylic acid groups (broad SMARTS) is 1. The normalized spacial score (nSPS) is 12.0. The molecule has 0 aliphatic carbocycles. The Hall–Kier alpha value is -3.56. The van der Waals surface area contributed by atoms with E-state index >= 15 is 0 Å². The number of benzene rings is 2. The molecule has 6 nitrogen and oxygen atoms in total. The number of amides is 1. The van der Waals surface area contributed by atoms with E-state index in [1.165, 1.54) is 6.20 Å². The van der Waals surface area contributed by atoms with Crippen molar-refractivity contribution in [3.05, 3.63) is 93.6 Å². The third-order valence-electron chi connectivity index (χ3n) is 5.12. The van der Waals surface area contributed by atoms with Crippen molar-refractivity contribution >= 4 is 40.7 Å². The molecule has 11 heteroatoms. The predicted octanol–water partition coefficient (Wildman–Crippen LogP) is 5.15. The summed E-state index contributed by atoms with van der Waals surface area (Å²) in [5.74, 6) is -5.45. The summed E-state index contributed by atoms with van der Waals surface area (Å²) < 4.78 is 43.0. The summed E-state index contributed by atoms with van der Waals surface area (Å²) in [5.41, 5.74) is 0.687. The molecule has 0 fully saturated rings. The predicted molar refractivity (Wildman–Crippen MR) is 120 cm³/mol. The van der Waals surface area contributed by atoms with Crippen molar-refractivity contribution in [1.29, 1.82) is 0 Å². The van der Waals surface area contributed by atoms with Crippen LogP contribution in [0.5, 0.6) is 0 Å². The van der Waals surface area contributed by atoms with Crippen LogP contribution in [-0.2, 0) is 11.2 Å². The van der Waals surface area contributed by atoms with Crippen LogP contribution in [0.25, 0.3) is 16.8 Å². The number of nitrogens with one attached hydrogen (secondary N) is 1. The molecule has 0 aliphatic heterocycles. The van der Waals surface area contributed by atoms with Crippen LogP contribution >= 0.6 is 23.2 Å². The maximum absolute atomic E-state index is 13.9. The first-order chi connectivity index (χ1) is 16.2. The summed E-state index contributed by atoms with van der Waals surface area (Å²) in [4.78, 5) is 28.5. The minimum absolute atomic E-state index is 0.0604. The first-order valence-electron chi connectivity index (χ1n) is 9.75. The van der Waals surface area contributed by atoms with Gasteiger partial charge in [-0.15, -0.1) is 0 Å². The SMILES string of the molecule is O=C(NC(Cc1ccc(-c2c(Cl)cc(F)cc2Cl)c2nccn12)C(=O)O)c1c(F)cccc1F. The fraction of sp³-hybridized carbons (Fsp3) is 0.0870. The van der Waals surface area contributed by atoms with Crippen LogP contribution in [0.3, 0.4) is 0 Å². The van der Waals surface area contributed by atoms with Gasteiger partial charge in [-0.05, 0) is 36.4 Å². The standard InChI is InChI=1S/C23H14Cl2F3N3O3/c24-14-8-11(26)9-15(25)19(14)13-5-4-12(31-7-6-29-21(13)31)10-18(23(33)34)30-22(32)20-16(27)2-1-3-17(20)28/h1-9,18H,10H2,(H,30,32)(H,33,34). The van der Waals surface area contributed by atoms with Crippen LogP contribution in [-0.4, -0.2) is 32.4 Å². The van der Waals surface area contributed by atoms with E-state index in [9.17, 15) is 27.9 Å². The molecule has 0 bridgehead atoms. The molecule has 0 aliphatic rings. The van der Waals surface area contributed by atoms with Crippen molar-refractivity contribution in [2.45, 2.75) is 12.5 Å². The average Bonchev–Trinajstić information content (AvgIpc) is 3.24. The molecule has 2 heterocycles. The van der Waals surface area contributed by atoms with Crippen LogP contribution < -0.4 is 5.32 Å². The molecule has 1 atom stereocenters. The van der Waals surface area contributed by atoms with Crippen molar-refractivity contribution in [2.24, 2.45) is 0 Å². The van der Waals surface area contributed by atoms with Gasteiger partial charge in [-0.25, -0.2) is 22.9 Å². The minimum atomic E-state index is -1.51. The molecule has 34 heavy (non-hydrogen) atoms. The van der Waals surface area contributed by atoms with Crippen molar-refractivity contribution in [2.75, 3.05) is 0 Å². The number of aromatic nitrogens is 2. The summed E-state index contributed by atoms with van der Waals surface area (Å²) in [6.07, 6.45) is 2.77. The van der Waals surface area contributed by atoms with Crippen LogP contribution in [0.15, 0.2) is 54.9 Å². The lowest BCUT2D eigenvalue weighted by molar-refractivity contribution is -0.139. The van der Waals surface area contributed by atoms with Crippen molar-refractivity contribution in [3.8, 4) is 11.1 Å². The van der Waals surface area contributed by atoms with Crippen molar-refractivity contribution < 1.29 is 27.9 Å². The number of fused-ring (bicyclic) bond motifs is 1. The lowest BCUT2D eigenvalue weighted by Crippen LogP contribution is -2.43. The molecule has 0 radical (unpaired) electrons. The molecule has 4 aromatic rings. The number of pyridine rings is 1. The van der Waals surface area contributed by atoms with Crippen molar-refractivity contribution in [1.82, 2.24) is 14.7 Å². The van der Waals surface area contributed by atoms with Gasteiger partial charge in [0.25, 0.3) is 5.91 Å². The average molecular weight is 508 g/mol. The highest BCUT2D eigenvalue weighted by Gasteiger charge is 2.26. The molecule has 0 saturated heterocycles. The number of halogens is 5. The zero-order chi connectivity index (χ0) is 24.6. The maximum atomic E-state index is 13.9. The number of carboxylic acids is 1. The van der Waals surface area contributed by atoms with Crippen LogP contribution in [0.2, 0.25) is 10.0 Å². The van der Waals surface area contributed by atoms with Gasteiger partial charge in [0, 0.05) is 35.6 Å². The van der Waals surface area contributed by atoms with E-state index in [0.29, 0.717) is 22.5 Å². The molecule has 2 N–H and O–H groups in total. The second-order valence-electron chi connectivity index (χ2n) is 7.27. The highest BCUT2D eigenvalue weighted by atomic mass is 35.5. The second kappa shape index (κ2) is 9.36. The highest BCUT2D eigenvalue weighted by molar-refractivity contribution is 6.39. The molecule has 2 aromatic carbocycles. The molecular formula is C23H14Cl2F3N3O3. The highest BCUT2D eigenvalue weighted by Crippen LogP contribution is 2.37. The van der Waals surface area contributed by atoms with Crippen LogP contribution in [0.1, 0.15) is 16.1 Å². The monoisotopic (exact) mass is 507 g/mol. The number of aliphatic carboxylic acids is 1. The summed E-state index contributed by atoms with van der Waals surface area (Å²) in [7, 11) is 0. The first kappa shape index (κ1) is 23.6. The van der Waals surface area contributed by atoms with E-state index < -0.39 is 40.9 Å². The second-order valence-corrected chi connectivity index (χ2v) is 8.08. The van der Waals surface area contributed by atoms with Gasteiger partial charge >= 0.3 is 5.97 Å². The van der Waals surface area contributed by atoms with Gasteiger partial charge in [-0.2, -0.15) is 0 Å². The lowest BCUT2D eigenvalue weighted by atomic mass is 10.0. The summed E-state index contributed by atoms with van der Waals surface area (Å²) >= 11 is 12.4. The Morgan fingerprint density at radius 3 is 2.32 bits per heavy atom. The fourth-order valence-corrected chi connectivity index (χ4v) is 4.25. The lowest BCUT2D eigenvalue weighted by Gasteiger charge is -2.17. The van der Waals surface area contributed by atoms with Gasteiger partial charge in [-0.3, -0.25) is 4.79 Å². The largest absolute Gasteiger partial charge is 0.480 e. The number of hydrogen-bond acceptors (Lipinski definition) is 3. The Labute approximate surface area is 200 Å². The Bertz CT molecular complexity index is 1400. The van der Waals surface area contributed by atoms with Gasteiger partial charge in [0.15, 0.2) is 0 Å². The molecule has 174 valence electrons. The van der Waals surface area contributed by atoms with E-state index in [4.69, 9.17) is 23.2 Å². The smallest absolute Gasteiger partial charge is 0.326 e. The quantitative estimate of drug-likeness (QED) is 0.378. The third-order valence-corrected chi connectivity index (χ3v) is 5.71. The van der Waals surface area contributed by atoms with Crippen molar-refractivity contribution in [3.63, 3.8) is 0 Å². The number of nitrogens with zero attached hydrogens (tertiary/aromatic N) is 2. The number of carbonyl (C=O) groups excluding carboxylic acids is 1. The van der Waals surface area contributed by atoms with Gasteiger partial charge in [0.05, 0.1) is 10.0 Å². The van der Waals surface area contributed by atoms with E-state index in [0.717, 1.165) is 30.3 Å². The van der Waals surface area contributed by atoms with Gasteiger partial charge in [0.2, 0.25) is 0 Å². The molecule has 2 aromatic heterocycles. The topological polar surface area (TPSA) is 83.7 Å². The van der Waals surface area contributed by atoms with Crippen LogP contribution in [0, 0.1) is 17.5 Å². The molecule has 1 unspecified atom stereocenters. The van der Waals surface area contributed by atoms with Gasteiger partial charge < -0.3 is 14.8 Å². The molecule has 1 amide bonds. The molecule has 4 rings (SSSR count). The minimum Gasteiger partial charge on any atom is -0.480 e. The zero-order valence-electron chi connectivity index (χ0n) is 17.0. The zero-order valence-corrected chi connectivity index (χ0v) is 18.5. The summed E-state index contributed by atoms with van der Waals surface area (Å²) in [5, 5.41) is 11.9. The fourth-order valence-electron chi connectivity index (χ4n) is 3.58. The van der Waals surface area contributed by atoms with E-state index in [1.807, 2.05) is 0 Å². The Morgan fingerprint density at radius 2 is 1.71 bits per heavy atom. The number of imidazole rings is 1. The molecule has 0 saturated carbocycles. The summed E-state index contributed by atoms with van der Waals surface area (Å²) in [6, 6.07) is 6.72. The molecule has 0 spiro atoms. The van der Waals surface area contributed by atoms with E-state index in [2.05, 4.69) is 10.3 Å². The Morgan fingerprint density at radius 1 is 1.06 bits per heavy atom. The van der Waals surface area contributed by atoms with Gasteiger partial charge in [-0.1, -0.05) is 29.3 Å². The van der Waals surface area contributed by atoms with E-state index in [1.54, 1.807) is 22.7 Å². The molecular weight excluding hydrogens is 494 g/mol. The maximum Gasteiger partial charge on any atom is 0.326 e. The van der Waals surface area contributed by atoms with Crippen LogP contribution in [0.4, 0.5) is 13.2 Å². The first-order valence-corrected chi connectivity index (χ1v) is 10.5. The van der Waals surface area contributed by atoms with Gasteiger partial charge in [0.1, 0.15) is 34.7 Å². The summed E-state index contributed by atoms with van der Waals surface area (Å²) in [6.45, 7) is 0. The number of rotatable bonds is 6. The number of hydrogen-bond donors (Lipinski definition) is 2. The Balaban J connectivity index is 1.69. The van der Waals surface area contributed by atoms with E-state index in [-0.39, 0.29) is 16.5 Å².